The summed E-state index contributed by atoms with van der Waals surface area (Å²) in [4.78, 5) is 13.8. The fourth-order valence-corrected chi connectivity index (χ4v) is 2.44. The molecule has 0 saturated carbocycles. The van der Waals surface area contributed by atoms with E-state index in [-0.39, 0.29) is 12.0 Å². The van der Waals surface area contributed by atoms with Gasteiger partial charge < -0.3 is 9.64 Å². The molecule has 0 aromatic heterocycles. The lowest BCUT2D eigenvalue weighted by atomic mass is 9.93. The minimum Gasteiger partial charge on any atom is -0.467 e. The third kappa shape index (κ3) is 2.22. The number of methoxy groups -OCH3 is 1. The highest BCUT2D eigenvalue weighted by molar-refractivity contribution is 5.82. The second-order valence-corrected chi connectivity index (χ2v) is 4.89. The third-order valence-electron chi connectivity index (χ3n) is 3.88. The summed E-state index contributed by atoms with van der Waals surface area (Å²) in [6.07, 6.45) is 2.00. The van der Waals surface area contributed by atoms with Crippen LogP contribution in [0, 0.1) is 0 Å². The van der Waals surface area contributed by atoms with Crippen LogP contribution in [0.1, 0.15) is 38.2 Å². The van der Waals surface area contributed by atoms with Crippen LogP contribution < -0.4 is 4.90 Å². The Morgan fingerprint density at radius 2 is 2.22 bits per heavy atom. The van der Waals surface area contributed by atoms with E-state index in [2.05, 4.69) is 36.9 Å². The first-order chi connectivity index (χ1) is 8.69. The van der Waals surface area contributed by atoms with Crippen LogP contribution in [0.4, 0.5) is 5.69 Å². The molecule has 3 nitrogen and oxygen atoms in total. The Hall–Kier alpha value is -1.51. The van der Waals surface area contributed by atoms with Crippen LogP contribution in [0.25, 0.3) is 0 Å². The Morgan fingerprint density at radius 3 is 2.78 bits per heavy atom. The smallest absolute Gasteiger partial charge is 0.328 e. The first kappa shape index (κ1) is 12.9. The topological polar surface area (TPSA) is 29.5 Å². The number of nitrogens with zero attached hydrogens (tertiary/aromatic N) is 1. The van der Waals surface area contributed by atoms with Crippen molar-refractivity contribution in [3.63, 3.8) is 0 Å². The maximum atomic E-state index is 11.7. The Kier molecular flexibility index (Phi) is 3.90. The van der Waals surface area contributed by atoms with Gasteiger partial charge in [-0.15, -0.1) is 0 Å². The predicted molar refractivity (Wildman–Crippen MR) is 72.9 cm³/mol. The number of hydrogen-bond acceptors (Lipinski definition) is 3. The molecular weight excluding hydrogens is 226 g/mol. The van der Waals surface area contributed by atoms with Gasteiger partial charge in [0.15, 0.2) is 0 Å². The van der Waals surface area contributed by atoms with E-state index >= 15 is 0 Å². The van der Waals surface area contributed by atoms with Crippen molar-refractivity contribution in [2.45, 2.75) is 38.6 Å². The summed E-state index contributed by atoms with van der Waals surface area (Å²) in [7, 11) is 1.46. The summed E-state index contributed by atoms with van der Waals surface area (Å²) in [5.74, 6) is 0.389. The van der Waals surface area contributed by atoms with E-state index in [1.165, 1.54) is 18.4 Å². The number of esters is 1. The number of benzene rings is 1. The van der Waals surface area contributed by atoms with Gasteiger partial charge in [0.25, 0.3) is 0 Å². The van der Waals surface area contributed by atoms with E-state index in [9.17, 15) is 4.79 Å². The zero-order valence-corrected chi connectivity index (χ0v) is 11.3. The molecule has 98 valence electrons. The van der Waals surface area contributed by atoms with Gasteiger partial charge in [0.1, 0.15) is 6.04 Å². The van der Waals surface area contributed by atoms with Crippen molar-refractivity contribution >= 4 is 11.7 Å². The summed E-state index contributed by atoms with van der Waals surface area (Å²) < 4.78 is 4.85. The standard InChI is InChI=1S/C15H21NO2/c1-4-11(2)12-7-5-6-8-13(12)16-10-9-14(16)15(17)18-3/h5-8,11,14H,4,9-10H2,1-3H3. The van der Waals surface area contributed by atoms with Crippen molar-refractivity contribution in [3.8, 4) is 0 Å². The van der Waals surface area contributed by atoms with Crippen molar-refractivity contribution in [1.29, 1.82) is 0 Å². The monoisotopic (exact) mass is 247 g/mol. The number of ether oxygens (including phenoxy) is 1. The molecular formula is C15H21NO2. The Bertz CT molecular complexity index is 430. The molecule has 0 bridgehead atoms. The minimum absolute atomic E-state index is 0.0970. The van der Waals surface area contributed by atoms with Crippen molar-refractivity contribution in [3.05, 3.63) is 29.8 Å². The molecule has 0 amide bonds. The van der Waals surface area contributed by atoms with Crippen LogP contribution in [-0.2, 0) is 9.53 Å². The van der Waals surface area contributed by atoms with Crippen molar-refractivity contribution in [2.75, 3.05) is 18.6 Å². The summed E-state index contributed by atoms with van der Waals surface area (Å²) in [5, 5.41) is 0. The van der Waals surface area contributed by atoms with Crippen LogP contribution in [0.3, 0.4) is 0 Å². The second kappa shape index (κ2) is 5.42. The lowest BCUT2D eigenvalue weighted by molar-refractivity contribution is -0.143. The van der Waals surface area contributed by atoms with Crippen molar-refractivity contribution in [1.82, 2.24) is 0 Å². The van der Waals surface area contributed by atoms with Gasteiger partial charge in [-0.2, -0.15) is 0 Å². The van der Waals surface area contributed by atoms with Crippen LogP contribution in [0.2, 0.25) is 0 Å². The molecule has 1 fully saturated rings. The molecule has 2 unspecified atom stereocenters. The van der Waals surface area contributed by atoms with Gasteiger partial charge in [0.2, 0.25) is 0 Å². The Morgan fingerprint density at radius 1 is 1.50 bits per heavy atom. The van der Waals surface area contributed by atoms with Crippen LogP contribution in [0.15, 0.2) is 24.3 Å². The average molecular weight is 247 g/mol. The summed E-state index contributed by atoms with van der Waals surface area (Å²) >= 11 is 0. The molecule has 1 heterocycles. The summed E-state index contributed by atoms with van der Waals surface area (Å²) in [6, 6.07) is 8.28. The van der Waals surface area contributed by atoms with Crippen LogP contribution in [0.5, 0.6) is 0 Å². The lowest BCUT2D eigenvalue weighted by Gasteiger charge is -2.42. The van der Waals surface area contributed by atoms with Crippen LogP contribution in [-0.4, -0.2) is 25.7 Å². The van der Waals surface area contributed by atoms with Gasteiger partial charge in [-0.25, -0.2) is 4.79 Å². The second-order valence-electron chi connectivity index (χ2n) is 4.89. The molecule has 1 saturated heterocycles. The average Bonchev–Trinajstić information content (AvgIpc) is 2.37. The molecule has 0 aliphatic carbocycles. The zero-order valence-electron chi connectivity index (χ0n) is 11.3. The van der Waals surface area contributed by atoms with E-state index in [1.807, 2.05) is 6.07 Å². The van der Waals surface area contributed by atoms with Crippen molar-refractivity contribution in [2.24, 2.45) is 0 Å². The Labute approximate surface area is 109 Å². The highest BCUT2D eigenvalue weighted by Gasteiger charge is 2.36. The van der Waals surface area contributed by atoms with Crippen LogP contribution >= 0.6 is 0 Å². The van der Waals surface area contributed by atoms with Gasteiger partial charge in [-0.1, -0.05) is 32.0 Å². The summed E-state index contributed by atoms with van der Waals surface area (Å²) in [6.45, 7) is 5.36. The molecule has 0 radical (unpaired) electrons. The molecule has 0 N–H and O–H groups in total. The molecule has 2 rings (SSSR count). The van der Waals surface area contributed by atoms with Gasteiger partial charge in [-0.3, -0.25) is 0 Å². The fraction of sp³-hybridized carbons (Fsp3) is 0.533. The molecule has 0 spiro atoms. The highest BCUT2D eigenvalue weighted by atomic mass is 16.5. The number of hydrogen-bond donors (Lipinski definition) is 0. The van der Waals surface area contributed by atoms with E-state index in [0.29, 0.717) is 5.92 Å². The number of carbonyl (C=O) groups is 1. The highest BCUT2D eigenvalue weighted by Crippen LogP contribution is 2.34. The molecule has 1 aromatic carbocycles. The predicted octanol–water partition coefficient (Wildman–Crippen LogP) is 2.95. The first-order valence-electron chi connectivity index (χ1n) is 6.62. The van der Waals surface area contributed by atoms with Crippen molar-refractivity contribution < 1.29 is 9.53 Å². The number of rotatable bonds is 4. The maximum absolute atomic E-state index is 11.7. The van der Waals surface area contributed by atoms with E-state index in [0.717, 1.165) is 19.4 Å². The molecule has 1 aliphatic heterocycles. The SMILES string of the molecule is CCC(C)c1ccccc1N1CCC1C(=O)OC. The normalized spacial score (nSPS) is 20.2. The first-order valence-corrected chi connectivity index (χ1v) is 6.62. The molecule has 18 heavy (non-hydrogen) atoms. The van der Waals surface area contributed by atoms with E-state index < -0.39 is 0 Å². The number of carbonyl (C=O) groups excluding carboxylic acids is 1. The molecule has 1 aromatic rings. The fourth-order valence-electron chi connectivity index (χ4n) is 2.44. The summed E-state index contributed by atoms with van der Waals surface area (Å²) in [5.41, 5.74) is 2.52. The van der Waals surface area contributed by atoms with Gasteiger partial charge >= 0.3 is 5.97 Å². The lowest BCUT2D eigenvalue weighted by Crippen LogP contribution is -2.53. The minimum atomic E-state index is -0.125. The quantitative estimate of drug-likeness (QED) is 0.766. The van der Waals surface area contributed by atoms with Gasteiger partial charge in [-0.05, 0) is 30.4 Å². The van der Waals surface area contributed by atoms with Gasteiger partial charge in [0, 0.05) is 12.2 Å². The molecule has 1 aliphatic rings. The zero-order chi connectivity index (χ0) is 13.1. The largest absolute Gasteiger partial charge is 0.467 e. The molecule has 2 atom stereocenters. The number of para-hydroxylation sites is 1. The third-order valence-corrected chi connectivity index (χ3v) is 3.88. The van der Waals surface area contributed by atoms with E-state index in [1.54, 1.807) is 0 Å². The Balaban J connectivity index is 2.26. The van der Waals surface area contributed by atoms with E-state index in [4.69, 9.17) is 4.74 Å². The molecule has 3 heteroatoms. The van der Waals surface area contributed by atoms with Gasteiger partial charge in [0.05, 0.1) is 7.11 Å². The number of anilines is 1. The maximum Gasteiger partial charge on any atom is 0.328 e.